The maximum atomic E-state index is 11.5. The summed E-state index contributed by atoms with van der Waals surface area (Å²) in [5.74, 6) is -1.65. The molecule has 0 spiro atoms. The lowest BCUT2D eigenvalue weighted by atomic mass is 9.93. The van der Waals surface area contributed by atoms with Crippen molar-refractivity contribution in [2.45, 2.75) is 24.3 Å². The molecule has 3 unspecified atom stereocenters. The van der Waals surface area contributed by atoms with Gasteiger partial charge >= 0.3 is 5.97 Å². The normalized spacial score (nSPS) is 38.0. The van der Waals surface area contributed by atoms with E-state index in [1.165, 1.54) is 0 Å². The van der Waals surface area contributed by atoms with Crippen molar-refractivity contribution in [3.8, 4) is 0 Å². The van der Waals surface area contributed by atoms with E-state index in [0.717, 1.165) is 0 Å². The first-order valence-electron chi connectivity index (χ1n) is 5.36. The van der Waals surface area contributed by atoms with Crippen molar-refractivity contribution in [1.82, 2.24) is 0 Å². The van der Waals surface area contributed by atoms with Gasteiger partial charge in [-0.25, -0.2) is 4.79 Å². The molecule has 2 bridgehead atoms. The van der Waals surface area contributed by atoms with Crippen molar-refractivity contribution >= 4 is 110 Å². The number of esters is 1. The number of ether oxygens (including phenoxy) is 1. The Bertz CT molecular complexity index is 525. The largest absolute Gasteiger partial charge is 0.462 e. The Kier molecular flexibility index (Phi) is 5.18. The van der Waals surface area contributed by atoms with E-state index in [0.29, 0.717) is 0 Å². The van der Waals surface area contributed by atoms with Crippen molar-refractivity contribution < 1.29 is 9.53 Å². The minimum Gasteiger partial charge on any atom is -0.462 e. The molecule has 3 atom stereocenters. The topological polar surface area (TPSA) is 26.3 Å². The van der Waals surface area contributed by atoms with Gasteiger partial charge in [0.2, 0.25) is 0 Å². The average molecular weight is 476 g/mol. The van der Waals surface area contributed by atoms with Crippen LogP contribution in [0.3, 0.4) is 0 Å². The molecule has 0 aromatic rings. The predicted molar refractivity (Wildman–Crippen MR) is 89.7 cm³/mol. The Hall–Kier alpha value is 1.82. The number of carbonyl (C=O) groups is 1. The van der Waals surface area contributed by atoms with Gasteiger partial charge in [0.05, 0.1) is 16.7 Å². The molecule has 2 rings (SSSR count). The first kappa shape index (κ1) is 19.1. The molecule has 0 heterocycles. The molecule has 1 saturated carbocycles. The summed E-state index contributed by atoms with van der Waals surface area (Å²) in [7, 11) is 0. The number of halogens is 9. The number of fused-ring (bicyclic) bond motifs is 2. The molecule has 0 amide bonds. The maximum Gasteiger partial charge on any atom is 0.358 e. The van der Waals surface area contributed by atoms with E-state index in [2.05, 4.69) is 0 Å². The standard InChI is InChI=1S/C10H5Cl9O2/c11-4-5(12)8(14)3(1-7(4,13)10(8,18)19)2-21-6(20)9(15,16)17/h3H,1-2H2. The molecule has 0 N–H and O–H groups in total. The van der Waals surface area contributed by atoms with Gasteiger partial charge in [-0.05, 0) is 6.42 Å². The maximum absolute atomic E-state index is 11.5. The van der Waals surface area contributed by atoms with E-state index in [1.807, 2.05) is 0 Å². The van der Waals surface area contributed by atoms with Gasteiger partial charge in [-0.3, -0.25) is 0 Å². The molecule has 0 aromatic carbocycles. The van der Waals surface area contributed by atoms with Gasteiger partial charge in [-0.2, -0.15) is 0 Å². The van der Waals surface area contributed by atoms with Gasteiger partial charge in [0.15, 0.2) is 4.33 Å². The number of carbonyl (C=O) groups excluding carboxylic acids is 1. The van der Waals surface area contributed by atoms with Crippen LogP contribution in [0.4, 0.5) is 0 Å². The zero-order valence-electron chi connectivity index (χ0n) is 9.71. The highest BCUT2D eigenvalue weighted by Crippen LogP contribution is 2.74. The minimum absolute atomic E-state index is 0.0204. The highest BCUT2D eigenvalue weighted by Gasteiger charge is 2.78. The van der Waals surface area contributed by atoms with Crippen LogP contribution in [0.2, 0.25) is 0 Å². The van der Waals surface area contributed by atoms with Crippen molar-refractivity contribution in [1.29, 1.82) is 0 Å². The summed E-state index contributed by atoms with van der Waals surface area (Å²) in [6, 6.07) is 0. The summed E-state index contributed by atoms with van der Waals surface area (Å²) in [6.07, 6.45) is 0.146. The molecule has 120 valence electrons. The zero-order chi connectivity index (χ0) is 16.4. The number of alkyl halides is 7. The van der Waals surface area contributed by atoms with Crippen molar-refractivity contribution in [3.05, 3.63) is 10.1 Å². The van der Waals surface area contributed by atoms with Gasteiger partial charge in [0.1, 0.15) is 9.75 Å². The van der Waals surface area contributed by atoms with Crippen LogP contribution in [0.1, 0.15) is 6.42 Å². The number of allylic oxidation sites excluding steroid dienone is 2. The van der Waals surface area contributed by atoms with Crippen LogP contribution >= 0.6 is 104 Å². The van der Waals surface area contributed by atoms with Crippen LogP contribution in [0.15, 0.2) is 10.1 Å². The Morgan fingerprint density at radius 2 is 1.67 bits per heavy atom. The molecule has 11 heteroatoms. The van der Waals surface area contributed by atoms with E-state index in [4.69, 9.17) is 109 Å². The molecule has 0 aliphatic heterocycles. The summed E-state index contributed by atoms with van der Waals surface area (Å²) in [5.41, 5.74) is 0. The van der Waals surface area contributed by atoms with E-state index in [-0.39, 0.29) is 23.1 Å². The summed E-state index contributed by atoms with van der Waals surface area (Å²) < 4.78 is 1.04. The number of rotatable bonds is 2. The molecular formula is C10H5Cl9O2. The Morgan fingerprint density at radius 3 is 2.05 bits per heavy atom. The van der Waals surface area contributed by atoms with Crippen molar-refractivity contribution in [3.63, 3.8) is 0 Å². The lowest BCUT2D eigenvalue weighted by molar-refractivity contribution is -0.144. The quantitative estimate of drug-likeness (QED) is 0.375. The van der Waals surface area contributed by atoms with E-state index in [9.17, 15) is 4.79 Å². The second-order valence-electron chi connectivity index (χ2n) is 4.71. The predicted octanol–water partition coefficient (Wildman–Crippen LogP) is 5.75. The van der Waals surface area contributed by atoms with Gasteiger partial charge < -0.3 is 4.74 Å². The second-order valence-corrected chi connectivity index (χ2v) is 10.3. The van der Waals surface area contributed by atoms with E-state index >= 15 is 0 Å². The fourth-order valence-corrected chi connectivity index (χ4v) is 5.46. The van der Waals surface area contributed by atoms with Crippen LogP contribution in [-0.2, 0) is 9.53 Å². The monoisotopic (exact) mass is 472 g/mol. The third-order valence-electron chi connectivity index (χ3n) is 3.55. The van der Waals surface area contributed by atoms with Gasteiger partial charge in [0.25, 0.3) is 3.79 Å². The van der Waals surface area contributed by atoms with Crippen LogP contribution in [0, 0.1) is 5.92 Å². The number of hydrogen-bond acceptors (Lipinski definition) is 2. The average Bonchev–Trinajstić information content (AvgIpc) is 2.56. The molecule has 2 aliphatic carbocycles. The highest BCUT2D eigenvalue weighted by atomic mass is 35.6. The molecular weight excluding hydrogens is 471 g/mol. The molecule has 2 nitrogen and oxygen atoms in total. The third-order valence-corrected chi connectivity index (χ3v) is 8.34. The third kappa shape index (κ3) is 2.56. The zero-order valence-corrected chi connectivity index (χ0v) is 16.5. The Balaban J connectivity index is 2.25. The van der Waals surface area contributed by atoms with Crippen LogP contribution in [0.5, 0.6) is 0 Å². The smallest absolute Gasteiger partial charge is 0.358 e. The SMILES string of the molecule is O=C(OCC1CC2(Cl)C(Cl)=C(Cl)C1(Cl)C2(Cl)Cl)C(Cl)(Cl)Cl. The van der Waals surface area contributed by atoms with Crippen molar-refractivity contribution in [2.24, 2.45) is 5.92 Å². The van der Waals surface area contributed by atoms with E-state index < -0.39 is 29.8 Å². The molecule has 21 heavy (non-hydrogen) atoms. The molecule has 0 aromatic heterocycles. The lowest BCUT2D eigenvalue weighted by Gasteiger charge is -2.33. The summed E-state index contributed by atoms with van der Waals surface area (Å²) in [4.78, 5) is 8.62. The molecule has 2 aliphatic rings. The number of hydrogen-bond donors (Lipinski definition) is 0. The minimum atomic E-state index is -2.20. The summed E-state index contributed by atoms with van der Waals surface area (Å²) in [6.45, 7) is -0.230. The lowest BCUT2D eigenvalue weighted by Crippen LogP contribution is -2.45. The van der Waals surface area contributed by atoms with Crippen LogP contribution in [-0.4, -0.2) is 30.5 Å². The van der Waals surface area contributed by atoms with Gasteiger partial charge in [-0.1, -0.05) is 81.2 Å². The Labute approximate surface area is 165 Å². The van der Waals surface area contributed by atoms with Gasteiger partial charge in [-0.15, -0.1) is 23.2 Å². The van der Waals surface area contributed by atoms with Gasteiger partial charge in [0, 0.05) is 5.92 Å². The highest BCUT2D eigenvalue weighted by molar-refractivity contribution is 6.75. The molecule has 0 saturated heterocycles. The summed E-state index contributed by atoms with van der Waals surface area (Å²) >= 11 is 53.8. The van der Waals surface area contributed by atoms with Crippen LogP contribution < -0.4 is 0 Å². The second kappa shape index (κ2) is 5.68. The molecule has 0 radical (unpaired) electrons. The first-order valence-corrected chi connectivity index (χ1v) is 8.76. The summed E-state index contributed by atoms with van der Waals surface area (Å²) in [5, 5.41) is 0.0989. The van der Waals surface area contributed by atoms with E-state index in [1.54, 1.807) is 0 Å². The molecule has 1 fully saturated rings. The first-order chi connectivity index (χ1) is 9.30. The van der Waals surface area contributed by atoms with Crippen LogP contribution in [0.25, 0.3) is 0 Å². The fourth-order valence-electron chi connectivity index (χ4n) is 2.46. The van der Waals surface area contributed by atoms with Crippen molar-refractivity contribution in [2.75, 3.05) is 6.61 Å². The fraction of sp³-hybridized carbons (Fsp3) is 0.700. The Morgan fingerprint density at radius 1 is 1.14 bits per heavy atom.